The summed E-state index contributed by atoms with van der Waals surface area (Å²) < 4.78 is 48.1. The van der Waals surface area contributed by atoms with E-state index in [1.54, 1.807) is 44.2 Å². The van der Waals surface area contributed by atoms with Crippen molar-refractivity contribution in [3.63, 3.8) is 0 Å². The summed E-state index contributed by atoms with van der Waals surface area (Å²) in [6.07, 6.45) is -4.75. The number of ether oxygens (including phenoxy) is 1. The maximum absolute atomic E-state index is 14.1. The number of carbonyl (C=O) groups is 1. The SMILES string of the molecule is CC(C)Oc1cc(C(N2CC(C)(C)C(=O)N2)C(F)(F)F)c2ccccc2c1. The van der Waals surface area contributed by atoms with E-state index in [2.05, 4.69) is 5.43 Å². The first-order valence-electron chi connectivity index (χ1n) is 8.83. The third-order valence-electron chi connectivity index (χ3n) is 4.58. The summed E-state index contributed by atoms with van der Waals surface area (Å²) in [6.45, 7) is 6.86. The number of hydrazine groups is 1. The second-order valence-corrected chi connectivity index (χ2v) is 7.80. The van der Waals surface area contributed by atoms with Gasteiger partial charge in [-0.3, -0.25) is 10.2 Å². The first kappa shape index (κ1) is 19.5. The molecule has 1 N–H and O–H groups in total. The quantitative estimate of drug-likeness (QED) is 0.843. The Morgan fingerprint density at radius 1 is 1.19 bits per heavy atom. The Morgan fingerprint density at radius 2 is 1.85 bits per heavy atom. The van der Waals surface area contributed by atoms with E-state index >= 15 is 0 Å². The molecule has 2 aromatic rings. The highest BCUT2D eigenvalue weighted by Crippen LogP contribution is 2.44. The van der Waals surface area contributed by atoms with E-state index in [1.165, 1.54) is 6.07 Å². The summed E-state index contributed by atoms with van der Waals surface area (Å²) in [5, 5.41) is 2.13. The minimum atomic E-state index is -4.58. The molecule has 1 saturated heterocycles. The van der Waals surface area contributed by atoms with Crippen LogP contribution in [0.4, 0.5) is 13.2 Å². The van der Waals surface area contributed by atoms with E-state index in [4.69, 9.17) is 4.74 Å². The lowest BCUT2D eigenvalue weighted by molar-refractivity contribution is -0.191. The maximum atomic E-state index is 14.1. The van der Waals surface area contributed by atoms with Crippen LogP contribution in [0.2, 0.25) is 0 Å². The molecule has 1 atom stereocenters. The molecule has 27 heavy (non-hydrogen) atoms. The zero-order valence-electron chi connectivity index (χ0n) is 15.7. The summed E-state index contributed by atoms with van der Waals surface area (Å²) in [5.74, 6) is -0.0478. The van der Waals surface area contributed by atoms with Crippen LogP contribution in [0.3, 0.4) is 0 Å². The van der Waals surface area contributed by atoms with Crippen molar-refractivity contribution >= 4 is 16.7 Å². The Hall–Kier alpha value is -2.28. The number of halogens is 3. The zero-order chi connectivity index (χ0) is 20.0. The molecule has 1 heterocycles. The minimum Gasteiger partial charge on any atom is -0.491 e. The molecule has 0 spiro atoms. The summed E-state index contributed by atoms with van der Waals surface area (Å²) in [6, 6.07) is 8.08. The molecule has 1 aliphatic heterocycles. The van der Waals surface area contributed by atoms with Gasteiger partial charge in [0, 0.05) is 6.54 Å². The first-order chi connectivity index (χ1) is 12.5. The van der Waals surface area contributed by atoms with Gasteiger partial charge in [-0.05, 0) is 56.2 Å². The van der Waals surface area contributed by atoms with Crippen molar-refractivity contribution in [1.29, 1.82) is 0 Å². The van der Waals surface area contributed by atoms with Crippen molar-refractivity contribution < 1.29 is 22.7 Å². The van der Waals surface area contributed by atoms with Gasteiger partial charge in [-0.25, -0.2) is 5.01 Å². The second kappa shape index (κ2) is 6.71. The molecule has 0 saturated carbocycles. The van der Waals surface area contributed by atoms with Gasteiger partial charge in [-0.15, -0.1) is 0 Å². The fourth-order valence-corrected chi connectivity index (χ4v) is 3.37. The van der Waals surface area contributed by atoms with Gasteiger partial charge in [0.25, 0.3) is 0 Å². The van der Waals surface area contributed by atoms with Crippen molar-refractivity contribution in [2.75, 3.05) is 6.54 Å². The van der Waals surface area contributed by atoms with E-state index in [0.29, 0.717) is 16.5 Å². The molecular formula is C20H23F3N2O2. The molecule has 0 aromatic heterocycles. The smallest absolute Gasteiger partial charge is 0.409 e. The number of hydrogen-bond donors (Lipinski definition) is 1. The molecule has 4 nitrogen and oxygen atoms in total. The third kappa shape index (κ3) is 3.88. The predicted octanol–water partition coefficient (Wildman–Crippen LogP) is 4.60. The molecule has 1 unspecified atom stereocenters. The van der Waals surface area contributed by atoms with Gasteiger partial charge in [0.15, 0.2) is 6.04 Å². The van der Waals surface area contributed by atoms with Crippen LogP contribution < -0.4 is 10.2 Å². The summed E-state index contributed by atoms with van der Waals surface area (Å²) in [7, 11) is 0. The lowest BCUT2D eigenvalue weighted by Crippen LogP contribution is -2.43. The minimum absolute atomic E-state index is 0.0421. The van der Waals surface area contributed by atoms with Gasteiger partial charge in [-0.2, -0.15) is 13.2 Å². The number of rotatable bonds is 4. The van der Waals surface area contributed by atoms with Crippen LogP contribution in [0.5, 0.6) is 5.75 Å². The van der Waals surface area contributed by atoms with Crippen LogP contribution in [-0.2, 0) is 4.79 Å². The maximum Gasteiger partial charge on any atom is 0.409 e. The monoisotopic (exact) mass is 380 g/mol. The average Bonchev–Trinajstić information content (AvgIpc) is 2.78. The molecule has 1 aliphatic rings. The van der Waals surface area contributed by atoms with E-state index in [0.717, 1.165) is 5.01 Å². The predicted molar refractivity (Wildman–Crippen MR) is 97.1 cm³/mol. The lowest BCUT2D eigenvalue weighted by Gasteiger charge is -2.31. The highest BCUT2D eigenvalue weighted by molar-refractivity contribution is 5.88. The number of nitrogens with one attached hydrogen (secondary N) is 1. The highest BCUT2D eigenvalue weighted by atomic mass is 19.4. The molecule has 146 valence electrons. The van der Waals surface area contributed by atoms with Crippen molar-refractivity contribution in [3.8, 4) is 5.75 Å². The molecule has 0 bridgehead atoms. The normalized spacial score (nSPS) is 18.7. The lowest BCUT2D eigenvalue weighted by atomic mass is 9.93. The molecule has 3 rings (SSSR count). The first-order valence-corrected chi connectivity index (χ1v) is 8.83. The number of benzene rings is 2. The fraction of sp³-hybridized carbons (Fsp3) is 0.450. The highest BCUT2D eigenvalue weighted by Gasteiger charge is 2.51. The molecular weight excluding hydrogens is 357 g/mol. The number of fused-ring (bicyclic) bond motifs is 1. The Balaban J connectivity index is 2.17. The largest absolute Gasteiger partial charge is 0.491 e. The molecule has 7 heteroatoms. The van der Waals surface area contributed by atoms with E-state index < -0.39 is 23.5 Å². The molecule has 1 amide bonds. The molecule has 0 aliphatic carbocycles. The third-order valence-corrected chi connectivity index (χ3v) is 4.58. The van der Waals surface area contributed by atoms with Crippen molar-refractivity contribution in [2.45, 2.75) is 46.0 Å². The van der Waals surface area contributed by atoms with Gasteiger partial charge in [0.1, 0.15) is 5.75 Å². The number of hydrogen-bond acceptors (Lipinski definition) is 3. The van der Waals surface area contributed by atoms with Crippen LogP contribution in [0.15, 0.2) is 36.4 Å². The van der Waals surface area contributed by atoms with Gasteiger partial charge in [0.05, 0.1) is 11.5 Å². The van der Waals surface area contributed by atoms with Crippen molar-refractivity contribution in [2.24, 2.45) is 5.41 Å². The van der Waals surface area contributed by atoms with Gasteiger partial charge in [0.2, 0.25) is 5.91 Å². The molecule has 1 fully saturated rings. The Bertz CT molecular complexity index is 862. The molecule has 2 aromatic carbocycles. The number of carbonyl (C=O) groups excluding carboxylic acids is 1. The van der Waals surface area contributed by atoms with Crippen LogP contribution in [0.1, 0.15) is 39.3 Å². The summed E-state index contributed by atoms with van der Waals surface area (Å²) >= 11 is 0. The van der Waals surface area contributed by atoms with Gasteiger partial charge < -0.3 is 4.74 Å². The van der Waals surface area contributed by atoms with Gasteiger partial charge in [-0.1, -0.05) is 24.3 Å². The fourth-order valence-electron chi connectivity index (χ4n) is 3.37. The Kier molecular flexibility index (Phi) is 4.84. The van der Waals surface area contributed by atoms with Crippen LogP contribution >= 0.6 is 0 Å². The average molecular weight is 380 g/mol. The number of nitrogens with zero attached hydrogens (tertiary/aromatic N) is 1. The van der Waals surface area contributed by atoms with E-state index in [-0.39, 0.29) is 18.2 Å². The Labute approximate surface area is 156 Å². The van der Waals surface area contributed by atoms with E-state index in [1.807, 2.05) is 13.8 Å². The van der Waals surface area contributed by atoms with E-state index in [9.17, 15) is 18.0 Å². The van der Waals surface area contributed by atoms with Crippen LogP contribution in [0, 0.1) is 5.41 Å². The Morgan fingerprint density at radius 3 is 2.41 bits per heavy atom. The molecule has 0 radical (unpaired) electrons. The van der Waals surface area contributed by atoms with Crippen molar-refractivity contribution in [3.05, 3.63) is 42.0 Å². The standard InChI is InChI=1S/C20H23F3N2O2/c1-12(2)27-14-9-13-7-5-6-8-15(13)16(10-14)17(20(21,22)23)25-11-19(3,4)18(26)24-25/h5-10,12,17H,11H2,1-4H3,(H,24,26). The zero-order valence-corrected chi connectivity index (χ0v) is 15.7. The summed E-state index contributed by atoms with van der Waals surface area (Å²) in [5.41, 5.74) is 1.57. The number of alkyl halides is 3. The topological polar surface area (TPSA) is 41.6 Å². The number of amides is 1. The second-order valence-electron chi connectivity index (χ2n) is 7.80. The van der Waals surface area contributed by atoms with Gasteiger partial charge >= 0.3 is 6.18 Å². The van der Waals surface area contributed by atoms with Crippen LogP contribution in [0.25, 0.3) is 10.8 Å². The van der Waals surface area contributed by atoms with Crippen molar-refractivity contribution in [1.82, 2.24) is 10.4 Å². The van der Waals surface area contributed by atoms with Crippen LogP contribution in [-0.4, -0.2) is 29.7 Å². The summed E-state index contributed by atoms with van der Waals surface area (Å²) in [4.78, 5) is 12.1.